The fourth-order valence-electron chi connectivity index (χ4n) is 2.26. The lowest BCUT2D eigenvalue weighted by atomic mass is 9.81. The van der Waals surface area contributed by atoms with E-state index < -0.39 is 0 Å². The second kappa shape index (κ2) is 4.38. The Morgan fingerprint density at radius 3 is 2.44 bits per heavy atom. The topological polar surface area (TPSA) is 34.1 Å². The van der Waals surface area contributed by atoms with Crippen LogP contribution < -0.4 is 0 Å². The van der Waals surface area contributed by atoms with Gasteiger partial charge in [0.1, 0.15) is 11.6 Å². The summed E-state index contributed by atoms with van der Waals surface area (Å²) in [7, 11) is 0. The molecule has 1 saturated carbocycles. The van der Waals surface area contributed by atoms with E-state index in [4.69, 9.17) is 11.6 Å². The highest BCUT2D eigenvalue weighted by molar-refractivity contribution is 6.30. The van der Waals surface area contributed by atoms with Crippen molar-refractivity contribution in [3.8, 4) is 0 Å². The number of benzene rings is 1. The zero-order valence-corrected chi connectivity index (χ0v) is 9.88. The van der Waals surface area contributed by atoms with Gasteiger partial charge in [-0.25, -0.2) is 0 Å². The summed E-state index contributed by atoms with van der Waals surface area (Å²) in [5.74, 6) is 0.105. The molecule has 0 aromatic heterocycles. The van der Waals surface area contributed by atoms with E-state index in [9.17, 15) is 9.59 Å². The average Bonchev–Trinajstić information content (AvgIpc) is 2.20. The molecule has 0 amide bonds. The van der Waals surface area contributed by atoms with Gasteiger partial charge in [0, 0.05) is 17.9 Å². The van der Waals surface area contributed by atoms with Gasteiger partial charge in [-0.05, 0) is 36.1 Å². The Labute approximate surface area is 99.6 Å². The van der Waals surface area contributed by atoms with E-state index in [1.807, 2.05) is 25.1 Å². The smallest absolute Gasteiger partial charge is 0.140 e. The van der Waals surface area contributed by atoms with E-state index in [-0.39, 0.29) is 23.9 Å². The average molecular weight is 237 g/mol. The maximum Gasteiger partial charge on any atom is 0.140 e. The number of Topliss-reactive ketones (excluding diaryl/α,β-unsaturated/α-hetero) is 2. The maximum atomic E-state index is 11.4. The lowest BCUT2D eigenvalue weighted by molar-refractivity contribution is -0.130. The number of hydrogen-bond donors (Lipinski definition) is 0. The van der Waals surface area contributed by atoms with Crippen LogP contribution in [0.15, 0.2) is 18.2 Å². The van der Waals surface area contributed by atoms with Crippen LogP contribution >= 0.6 is 11.6 Å². The first-order valence-corrected chi connectivity index (χ1v) is 5.73. The molecule has 0 bridgehead atoms. The van der Waals surface area contributed by atoms with Crippen molar-refractivity contribution in [1.82, 2.24) is 0 Å². The molecule has 0 spiro atoms. The summed E-state index contributed by atoms with van der Waals surface area (Å²) in [4.78, 5) is 22.8. The standard InChI is InChI=1S/C13H13ClO2/c1-8-2-3-10(14)6-13(8)9-4-11(15)7-12(16)5-9/h2-3,6,9H,4-5,7H2,1H3. The third-order valence-corrected chi connectivity index (χ3v) is 3.26. The minimum absolute atomic E-state index is 0.0208. The van der Waals surface area contributed by atoms with Crippen molar-refractivity contribution in [3.63, 3.8) is 0 Å². The molecule has 1 aromatic carbocycles. The molecule has 0 saturated heterocycles. The quantitative estimate of drug-likeness (QED) is 0.703. The first-order valence-electron chi connectivity index (χ1n) is 5.35. The van der Waals surface area contributed by atoms with Crippen LogP contribution in [0.5, 0.6) is 0 Å². The summed E-state index contributed by atoms with van der Waals surface area (Å²) in [5, 5.41) is 0.658. The van der Waals surface area contributed by atoms with Crippen molar-refractivity contribution in [3.05, 3.63) is 34.3 Å². The molecule has 3 heteroatoms. The fourth-order valence-corrected chi connectivity index (χ4v) is 2.44. The molecular weight excluding hydrogens is 224 g/mol. The highest BCUT2D eigenvalue weighted by Crippen LogP contribution is 2.32. The van der Waals surface area contributed by atoms with Gasteiger partial charge in [-0.1, -0.05) is 17.7 Å². The fraction of sp³-hybridized carbons (Fsp3) is 0.385. The van der Waals surface area contributed by atoms with Crippen molar-refractivity contribution < 1.29 is 9.59 Å². The largest absolute Gasteiger partial charge is 0.299 e. The maximum absolute atomic E-state index is 11.4. The van der Waals surface area contributed by atoms with Gasteiger partial charge in [0.05, 0.1) is 6.42 Å². The first-order chi connectivity index (χ1) is 7.56. The number of carbonyl (C=O) groups excluding carboxylic acids is 2. The van der Waals surface area contributed by atoms with Gasteiger partial charge in [0.2, 0.25) is 0 Å². The first kappa shape index (κ1) is 11.3. The zero-order chi connectivity index (χ0) is 11.7. The highest BCUT2D eigenvalue weighted by Gasteiger charge is 2.27. The van der Waals surface area contributed by atoms with E-state index in [1.54, 1.807) is 0 Å². The SMILES string of the molecule is Cc1ccc(Cl)cc1C1CC(=O)CC(=O)C1. The van der Waals surface area contributed by atoms with E-state index >= 15 is 0 Å². The van der Waals surface area contributed by atoms with Gasteiger partial charge in [-0.3, -0.25) is 9.59 Å². The molecule has 0 radical (unpaired) electrons. The van der Waals surface area contributed by atoms with Crippen molar-refractivity contribution in [2.75, 3.05) is 0 Å². The predicted molar refractivity (Wildman–Crippen MR) is 62.8 cm³/mol. The number of hydrogen-bond acceptors (Lipinski definition) is 2. The van der Waals surface area contributed by atoms with Crippen LogP contribution in [0.2, 0.25) is 5.02 Å². The summed E-state index contributed by atoms with van der Waals surface area (Å²) >= 11 is 5.94. The molecule has 2 nitrogen and oxygen atoms in total. The Bertz CT molecular complexity index is 435. The molecule has 1 aliphatic carbocycles. The van der Waals surface area contributed by atoms with Crippen LogP contribution in [-0.4, -0.2) is 11.6 Å². The van der Waals surface area contributed by atoms with Gasteiger partial charge in [0.15, 0.2) is 0 Å². The van der Waals surface area contributed by atoms with Crippen molar-refractivity contribution in [1.29, 1.82) is 0 Å². The Morgan fingerprint density at radius 2 is 1.81 bits per heavy atom. The van der Waals surface area contributed by atoms with Gasteiger partial charge < -0.3 is 0 Å². The summed E-state index contributed by atoms with van der Waals surface area (Å²) in [5.41, 5.74) is 2.13. The summed E-state index contributed by atoms with van der Waals surface area (Å²) in [6, 6.07) is 5.63. The molecule has 0 unspecified atom stereocenters. The van der Waals surface area contributed by atoms with Crippen LogP contribution in [0.3, 0.4) is 0 Å². The van der Waals surface area contributed by atoms with Crippen LogP contribution in [0.25, 0.3) is 0 Å². The highest BCUT2D eigenvalue weighted by atomic mass is 35.5. The van der Waals surface area contributed by atoms with Crippen molar-refractivity contribution in [2.45, 2.75) is 32.1 Å². The molecule has 0 aliphatic heterocycles. The second-order valence-corrected chi connectivity index (χ2v) is 4.80. The molecule has 1 aliphatic rings. The van der Waals surface area contributed by atoms with E-state index in [1.165, 1.54) is 0 Å². The van der Waals surface area contributed by atoms with Crippen LogP contribution in [0.4, 0.5) is 0 Å². The number of halogens is 1. The number of rotatable bonds is 1. The summed E-state index contributed by atoms with van der Waals surface area (Å²) in [6.07, 6.45) is 1.04. The minimum Gasteiger partial charge on any atom is -0.299 e. The second-order valence-electron chi connectivity index (χ2n) is 4.36. The van der Waals surface area contributed by atoms with Crippen LogP contribution in [-0.2, 0) is 9.59 Å². The monoisotopic (exact) mass is 236 g/mol. The van der Waals surface area contributed by atoms with Gasteiger partial charge in [0.25, 0.3) is 0 Å². The van der Waals surface area contributed by atoms with Gasteiger partial charge in [-0.2, -0.15) is 0 Å². The lowest BCUT2D eigenvalue weighted by Gasteiger charge is -2.22. The zero-order valence-electron chi connectivity index (χ0n) is 9.13. The number of ketones is 2. The van der Waals surface area contributed by atoms with Gasteiger partial charge in [-0.15, -0.1) is 0 Å². The molecule has 16 heavy (non-hydrogen) atoms. The number of carbonyl (C=O) groups is 2. The normalized spacial score (nSPS) is 17.9. The molecule has 0 atom stereocenters. The molecule has 0 N–H and O–H groups in total. The van der Waals surface area contributed by atoms with Crippen LogP contribution in [0.1, 0.15) is 36.3 Å². The minimum atomic E-state index is 0.0208. The van der Waals surface area contributed by atoms with Crippen molar-refractivity contribution in [2.24, 2.45) is 0 Å². The van der Waals surface area contributed by atoms with Gasteiger partial charge >= 0.3 is 0 Å². The molecule has 0 heterocycles. The lowest BCUT2D eigenvalue weighted by Crippen LogP contribution is -2.21. The predicted octanol–water partition coefficient (Wildman–Crippen LogP) is 3.05. The molecule has 2 rings (SSSR count). The number of aryl methyl sites for hydroxylation is 1. The molecular formula is C13H13ClO2. The Hall–Kier alpha value is -1.15. The molecule has 1 aromatic rings. The summed E-state index contributed by atoms with van der Waals surface area (Å²) in [6.45, 7) is 1.98. The Kier molecular flexibility index (Phi) is 3.10. The Balaban J connectivity index is 2.32. The third-order valence-electron chi connectivity index (χ3n) is 3.02. The van der Waals surface area contributed by atoms with E-state index in [2.05, 4.69) is 0 Å². The van der Waals surface area contributed by atoms with E-state index in [0.717, 1.165) is 11.1 Å². The summed E-state index contributed by atoms with van der Waals surface area (Å²) < 4.78 is 0. The van der Waals surface area contributed by atoms with E-state index in [0.29, 0.717) is 17.9 Å². The third kappa shape index (κ3) is 2.33. The van der Waals surface area contributed by atoms with Crippen molar-refractivity contribution >= 4 is 23.2 Å². The van der Waals surface area contributed by atoms with Crippen LogP contribution in [0, 0.1) is 6.92 Å². The Morgan fingerprint density at radius 1 is 1.19 bits per heavy atom. The molecule has 84 valence electrons. The molecule has 1 fully saturated rings.